The number of hydrogen-bond acceptors (Lipinski definition) is 2. The third-order valence-electron chi connectivity index (χ3n) is 2.81. The monoisotopic (exact) mass is 291 g/mol. The number of aryl methyl sites for hydroxylation is 1. The van der Waals surface area contributed by atoms with Gasteiger partial charge in [0.25, 0.3) is 0 Å². The van der Waals surface area contributed by atoms with Crippen LogP contribution < -0.4 is 5.32 Å². The van der Waals surface area contributed by atoms with Crippen LogP contribution in [-0.4, -0.2) is 6.54 Å². The van der Waals surface area contributed by atoms with Gasteiger partial charge in [0.2, 0.25) is 0 Å². The number of nitrogens with one attached hydrogen (secondary N) is 1. The molecule has 0 aliphatic heterocycles. The Morgan fingerprint density at radius 1 is 1.16 bits per heavy atom. The molecule has 2 rings (SSSR count). The van der Waals surface area contributed by atoms with Crippen molar-refractivity contribution in [1.29, 1.82) is 0 Å². The van der Waals surface area contributed by atoms with E-state index in [0.717, 1.165) is 18.1 Å². The molecule has 0 radical (unpaired) electrons. The molecule has 3 heteroatoms. The molecular formula is C16H18ClNS. The molecule has 0 spiro atoms. The number of halogens is 1. The molecule has 0 aliphatic rings. The van der Waals surface area contributed by atoms with E-state index >= 15 is 0 Å². The Balaban J connectivity index is 2.23. The first-order chi connectivity index (χ1) is 9.19. The zero-order chi connectivity index (χ0) is 13.7. The Bertz CT molecular complexity index is 554. The van der Waals surface area contributed by atoms with E-state index in [-0.39, 0.29) is 0 Å². The van der Waals surface area contributed by atoms with Crippen molar-refractivity contribution in [3.8, 4) is 0 Å². The predicted octanol–water partition coefficient (Wildman–Crippen LogP) is 4.91. The first-order valence-electron chi connectivity index (χ1n) is 6.42. The maximum Gasteiger partial charge on any atom is 0.0410 e. The van der Waals surface area contributed by atoms with Gasteiger partial charge < -0.3 is 5.32 Å². The third-order valence-corrected chi connectivity index (χ3v) is 4.15. The highest BCUT2D eigenvalue weighted by Crippen LogP contribution is 2.32. The fourth-order valence-electron chi connectivity index (χ4n) is 1.85. The molecule has 0 aromatic heterocycles. The lowest BCUT2D eigenvalue weighted by atomic mass is 10.2. The van der Waals surface area contributed by atoms with Gasteiger partial charge in [-0.1, -0.05) is 48.0 Å². The molecular weight excluding hydrogens is 274 g/mol. The van der Waals surface area contributed by atoms with Crippen molar-refractivity contribution in [3.05, 3.63) is 58.6 Å². The van der Waals surface area contributed by atoms with Crippen molar-refractivity contribution in [2.24, 2.45) is 0 Å². The molecule has 19 heavy (non-hydrogen) atoms. The molecule has 0 heterocycles. The van der Waals surface area contributed by atoms with Gasteiger partial charge in [0, 0.05) is 21.4 Å². The van der Waals surface area contributed by atoms with E-state index in [2.05, 4.69) is 49.5 Å². The van der Waals surface area contributed by atoms with Crippen molar-refractivity contribution in [1.82, 2.24) is 5.32 Å². The lowest BCUT2D eigenvalue weighted by molar-refractivity contribution is 0.718. The van der Waals surface area contributed by atoms with Gasteiger partial charge in [-0.3, -0.25) is 0 Å². The largest absolute Gasteiger partial charge is 0.313 e. The summed E-state index contributed by atoms with van der Waals surface area (Å²) in [5.74, 6) is 0. The van der Waals surface area contributed by atoms with Gasteiger partial charge in [0.05, 0.1) is 0 Å². The van der Waals surface area contributed by atoms with E-state index in [0.29, 0.717) is 0 Å². The van der Waals surface area contributed by atoms with E-state index in [1.54, 1.807) is 11.8 Å². The fraction of sp³-hybridized carbons (Fsp3) is 0.250. The molecule has 0 bridgehead atoms. The topological polar surface area (TPSA) is 12.0 Å². The fourth-order valence-corrected chi connectivity index (χ4v) is 3.09. The SMILES string of the molecule is CCNCc1cc(Cl)ccc1Sc1cccc(C)c1. The van der Waals surface area contributed by atoms with Gasteiger partial charge in [0.1, 0.15) is 0 Å². The summed E-state index contributed by atoms with van der Waals surface area (Å²) >= 11 is 7.88. The Hall–Kier alpha value is -0.960. The highest BCUT2D eigenvalue weighted by Gasteiger charge is 2.05. The molecule has 0 atom stereocenters. The van der Waals surface area contributed by atoms with Crippen molar-refractivity contribution < 1.29 is 0 Å². The summed E-state index contributed by atoms with van der Waals surface area (Å²) in [5.41, 5.74) is 2.54. The van der Waals surface area contributed by atoms with E-state index in [1.807, 2.05) is 12.1 Å². The second-order valence-corrected chi connectivity index (χ2v) is 6.00. The van der Waals surface area contributed by atoms with Crippen LogP contribution in [0.25, 0.3) is 0 Å². The van der Waals surface area contributed by atoms with Crippen LogP contribution in [-0.2, 0) is 6.54 Å². The first-order valence-corrected chi connectivity index (χ1v) is 7.62. The van der Waals surface area contributed by atoms with Gasteiger partial charge >= 0.3 is 0 Å². The van der Waals surface area contributed by atoms with Crippen LogP contribution in [0.3, 0.4) is 0 Å². The summed E-state index contributed by atoms with van der Waals surface area (Å²) in [7, 11) is 0. The highest BCUT2D eigenvalue weighted by atomic mass is 35.5. The molecule has 1 nitrogen and oxygen atoms in total. The van der Waals surface area contributed by atoms with Crippen molar-refractivity contribution in [3.63, 3.8) is 0 Å². The van der Waals surface area contributed by atoms with Crippen molar-refractivity contribution in [2.45, 2.75) is 30.2 Å². The normalized spacial score (nSPS) is 10.7. The van der Waals surface area contributed by atoms with E-state index in [9.17, 15) is 0 Å². The Kier molecular flexibility index (Phi) is 5.32. The third kappa shape index (κ3) is 4.27. The van der Waals surface area contributed by atoms with Crippen LogP contribution in [0.2, 0.25) is 5.02 Å². The molecule has 1 N–H and O–H groups in total. The maximum atomic E-state index is 6.09. The van der Waals surface area contributed by atoms with Gasteiger partial charge in [-0.05, 0) is 49.4 Å². The minimum Gasteiger partial charge on any atom is -0.313 e. The average molecular weight is 292 g/mol. The van der Waals surface area contributed by atoms with Crippen molar-refractivity contribution >= 4 is 23.4 Å². The highest BCUT2D eigenvalue weighted by molar-refractivity contribution is 7.99. The summed E-state index contributed by atoms with van der Waals surface area (Å²) in [6.07, 6.45) is 0. The summed E-state index contributed by atoms with van der Waals surface area (Å²) in [6, 6.07) is 14.7. The molecule has 0 aliphatic carbocycles. The van der Waals surface area contributed by atoms with Gasteiger partial charge in [-0.2, -0.15) is 0 Å². The van der Waals surface area contributed by atoms with Crippen LogP contribution in [0.4, 0.5) is 0 Å². The van der Waals surface area contributed by atoms with Crippen LogP contribution >= 0.6 is 23.4 Å². The minimum absolute atomic E-state index is 0.793. The molecule has 0 unspecified atom stereocenters. The summed E-state index contributed by atoms with van der Waals surface area (Å²) in [6.45, 7) is 6.04. The lowest BCUT2D eigenvalue weighted by Gasteiger charge is -2.10. The number of benzene rings is 2. The molecule has 0 fully saturated rings. The maximum absolute atomic E-state index is 6.09. The van der Waals surface area contributed by atoms with Crippen LogP contribution in [0.5, 0.6) is 0 Å². The molecule has 0 saturated heterocycles. The second-order valence-electron chi connectivity index (χ2n) is 4.45. The van der Waals surface area contributed by atoms with E-state index < -0.39 is 0 Å². The van der Waals surface area contributed by atoms with Gasteiger partial charge in [-0.25, -0.2) is 0 Å². The van der Waals surface area contributed by atoms with Crippen LogP contribution in [0, 0.1) is 6.92 Å². The standard InChI is InChI=1S/C16H18ClNS/c1-3-18-11-13-10-14(17)7-8-16(13)19-15-6-4-5-12(2)9-15/h4-10,18H,3,11H2,1-2H3. The lowest BCUT2D eigenvalue weighted by Crippen LogP contribution is -2.12. The molecule has 2 aromatic carbocycles. The zero-order valence-corrected chi connectivity index (χ0v) is 12.8. The smallest absolute Gasteiger partial charge is 0.0410 e. The summed E-state index contributed by atoms with van der Waals surface area (Å²) in [4.78, 5) is 2.52. The molecule has 0 saturated carbocycles. The summed E-state index contributed by atoms with van der Waals surface area (Å²) in [5, 5.41) is 4.15. The van der Waals surface area contributed by atoms with E-state index in [4.69, 9.17) is 11.6 Å². The Labute approximate surface area is 124 Å². The summed E-state index contributed by atoms with van der Waals surface area (Å²) < 4.78 is 0. The van der Waals surface area contributed by atoms with Crippen LogP contribution in [0.15, 0.2) is 52.3 Å². The van der Waals surface area contributed by atoms with Crippen LogP contribution in [0.1, 0.15) is 18.1 Å². The Morgan fingerprint density at radius 2 is 2.00 bits per heavy atom. The second kappa shape index (κ2) is 6.99. The number of hydrogen-bond donors (Lipinski definition) is 1. The molecule has 100 valence electrons. The predicted molar refractivity (Wildman–Crippen MR) is 84.1 cm³/mol. The molecule has 0 amide bonds. The van der Waals surface area contributed by atoms with Gasteiger partial charge in [-0.15, -0.1) is 0 Å². The minimum atomic E-state index is 0.793. The molecule has 2 aromatic rings. The quantitative estimate of drug-likeness (QED) is 0.840. The van der Waals surface area contributed by atoms with Gasteiger partial charge in [0.15, 0.2) is 0 Å². The zero-order valence-electron chi connectivity index (χ0n) is 11.2. The number of rotatable bonds is 5. The Morgan fingerprint density at radius 3 is 2.74 bits per heavy atom. The van der Waals surface area contributed by atoms with E-state index in [1.165, 1.54) is 20.9 Å². The first kappa shape index (κ1) is 14.4. The average Bonchev–Trinajstić information content (AvgIpc) is 2.39. The van der Waals surface area contributed by atoms with Crippen molar-refractivity contribution in [2.75, 3.05) is 6.54 Å².